The van der Waals surface area contributed by atoms with Gasteiger partial charge in [-0.1, -0.05) is 0 Å². The molecule has 2 N–H and O–H groups in total. The van der Waals surface area contributed by atoms with Crippen LogP contribution in [0.4, 0.5) is 17.6 Å². The Bertz CT molecular complexity index is 696. The predicted molar refractivity (Wildman–Crippen MR) is 84.1 cm³/mol. The molecule has 1 amide bonds. The zero-order valence-corrected chi connectivity index (χ0v) is 13.9. The largest absolute Gasteiger partial charge is 0.573 e. The Morgan fingerprint density at radius 1 is 1.27 bits per heavy atom. The number of nitrogens with zero attached hydrogens (tertiary/aromatic N) is 1. The van der Waals surface area contributed by atoms with Crippen molar-refractivity contribution in [2.75, 3.05) is 32.7 Å². The van der Waals surface area contributed by atoms with Gasteiger partial charge in [-0.25, -0.2) is 4.39 Å². The first-order valence-electron chi connectivity index (χ1n) is 8.60. The summed E-state index contributed by atoms with van der Waals surface area (Å²) in [6.07, 6.45) is -5.01. The van der Waals surface area contributed by atoms with Crippen molar-refractivity contribution < 1.29 is 27.1 Å². The van der Waals surface area contributed by atoms with Crippen molar-refractivity contribution in [3.63, 3.8) is 0 Å². The van der Waals surface area contributed by atoms with Crippen LogP contribution in [0.1, 0.15) is 10.4 Å². The molecule has 1 aliphatic carbocycles. The van der Waals surface area contributed by atoms with Gasteiger partial charge in [-0.3, -0.25) is 9.69 Å². The van der Waals surface area contributed by atoms with Crippen molar-refractivity contribution in [2.24, 2.45) is 17.8 Å². The van der Waals surface area contributed by atoms with Crippen LogP contribution in [-0.4, -0.2) is 55.9 Å². The average molecular weight is 373 g/mol. The molecule has 2 heterocycles. The molecule has 26 heavy (non-hydrogen) atoms. The number of hydrogen-bond donors (Lipinski definition) is 2. The lowest BCUT2D eigenvalue weighted by atomic mass is 10.1. The van der Waals surface area contributed by atoms with E-state index >= 15 is 0 Å². The molecular formula is C17H19F4N3O2. The van der Waals surface area contributed by atoms with Crippen LogP contribution in [0.15, 0.2) is 18.2 Å². The lowest BCUT2D eigenvalue weighted by molar-refractivity contribution is -0.275. The van der Waals surface area contributed by atoms with E-state index in [0.717, 1.165) is 44.4 Å². The van der Waals surface area contributed by atoms with Crippen LogP contribution in [0.25, 0.3) is 0 Å². The van der Waals surface area contributed by atoms with Crippen molar-refractivity contribution in [1.82, 2.24) is 15.5 Å². The minimum Gasteiger partial charge on any atom is -0.403 e. The molecular weight excluding hydrogens is 354 g/mol. The van der Waals surface area contributed by atoms with Gasteiger partial charge in [0, 0.05) is 44.3 Å². The molecule has 1 saturated carbocycles. The summed E-state index contributed by atoms with van der Waals surface area (Å²) in [5, 5.41) is 6.00. The maximum atomic E-state index is 13.4. The molecule has 1 aromatic rings. The van der Waals surface area contributed by atoms with E-state index < -0.39 is 23.8 Å². The Labute approximate surface area is 147 Å². The number of alkyl halides is 3. The van der Waals surface area contributed by atoms with E-state index in [2.05, 4.69) is 20.3 Å². The molecule has 5 nitrogen and oxygen atoms in total. The standard InChI is InChI=1S/C17H19F4N3O2/c18-14-2-1-9(3-15(14)26-17(19,20)21)16(25)23-6-11-12-7-24(8-13(11)12)10-4-22-5-10/h1-3,10-13,22H,4-8H2,(H,23,25). The number of carbonyl (C=O) groups excluding carboxylic acids is 1. The third-order valence-corrected chi connectivity index (χ3v) is 5.59. The fraction of sp³-hybridized carbons (Fsp3) is 0.588. The van der Waals surface area contributed by atoms with Crippen molar-refractivity contribution in [3.8, 4) is 5.75 Å². The second-order valence-electron chi connectivity index (χ2n) is 7.16. The van der Waals surface area contributed by atoms with E-state index in [9.17, 15) is 22.4 Å². The van der Waals surface area contributed by atoms with Crippen LogP contribution >= 0.6 is 0 Å². The number of hydrogen-bond acceptors (Lipinski definition) is 4. The van der Waals surface area contributed by atoms with Crippen LogP contribution in [0, 0.1) is 23.6 Å². The Morgan fingerprint density at radius 2 is 1.96 bits per heavy atom. The summed E-state index contributed by atoms with van der Waals surface area (Å²) >= 11 is 0. The topological polar surface area (TPSA) is 53.6 Å². The quantitative estimate of drug-likeness (QED) is 0.770. The van der Waals surface area contributed by atoms with Gasteiger partial charge >= 0.3 is 6.36 Å². The molecule has 2 unspecified atom stereocenters. The number of likely N-dealkylation sites (tertiary alicyclic amines) is 1. The summed E-state index contributed by atoms with van der Waals surface area (Å²) in [6.45, 7) is 4.63. The molecule has 142 valence electrons. The number of carbonyl (C=O) groups is 1. The zero-order valence-electron chi connectivity index (χ0n) is 13.9. The van der Waals surface area contributed by atoms with Gasteiger partial charge in [0.25, 0.3) is 5.91 Å². The number of fused-ring (bicyclic) bond motifs is 1. The smallest absolute Gasteiger partial charge is 0.403 e. The van der Waals surface area contributed by atoms with Gasteiger partial charge in [-0.2, -0.15) is 0 Å². The highest BCUT2D eigenvalue weighted by Gasteiger charge is 2.56. The Hall–Kier alpha value is -1.87. The lowest BCUT2D eigenvalue weighted by Gasteiger charge is -2.36. The summed E-state index contributed by atoms with van der Waals surface area (Å²) in [4.78, 5) is 14.6. The Morgan fingerprint density at radius 3 is 2.54 bits per heavy atom. The Kier molecular flexibility index (Phi) is 4.31. The van der Waals surface area contributed by atoms with E-state index in [-0.39, 0.29) is 5.56 Å². The normalized spacial score (nSPS) is 28.4. The zero-order chi connectivity index (χ0) is 18.5. The number of halogens is 4. The van der Waals surface area contributed by atoms with Gasteiger partial charge in [0.1, 0.15) is 0 Å². The second kappa shape index (κ2) is 6.38. The third kappa shape index (κ3) is 3.50. The first kappa shape index (κ1) is 17.5. The highest BCUT2D eigenvalue weighted by molar-refractivity contribution is 5.94. The van der Waals surface area contributed by atoms with E-state index in [1.54, 1.807) is 0 Å². The molecule has 0 spiro atoms. The number of ether oxygens (including phenoxy) is 1. The second-order valence-corrected chi connectivity index (χ2v) is 7.16. The molecule has 2 atom stereocenters. The molecule has 3 aliphatic rings. The molecule has 0 radical (unpaired) electrons. The Balaban J connectivity index is 1.29. The number of amides is 1. The number of piperidine rings is 1. The van der Waals surface area contributed by atoms with Crippen LogP contribution in [0.3, 0.4) is 0 Å². The summed E-state index contributed by atoms with van der Waals surface area (Å²) < 4.78 is 53.8. The molecule has 4 rings (SSSR count). The average Bonchev–Trinajstić information content (AvgIpc) is 2.95. The molecule has 3 fully saturated rings. The number of benzene rings is 1. The predicted octanol–water partition coefficient (Wildman–Crippen LogP) is 1.60. The molecule has 2 saturated heterocycles. The molecule has 1 aromatic carbocycles. The van der Waals surface area contributed by atoms with Crippen LogP contribution < -0.4 is 15.4 Å². The van der Waals surface area contributed by atoms with Crippen molar-refractivity contribution in [1.29, 1.82) is 0 Å². The summed E-state index contributed by atoms with van der Waals surface area (Å²) in [5.41, 5.74) is -0.0568. The minimum atomic E-state index is -5.01. The molecule has 9 heteroatoms. The number of rotatable bonds is 5. The van der Waals surface area contributed by atoms with E-state index in [1.165, 1.54) is 0 Å². The fourth-order valence-electron chi connectivity index (χ4n) is 3.97. The van der Waals surface area contributed by atoms with Crippen molar-refractivity contribution >= 4 is 5.91 Å². The first-order chi connectivity index (χ1) is 12.3. The molecule has 0 aromatic heterocycles. The number of nitrogens with one attached hydrogen (secondary N) is 2. The van der Waals surface area contributed by atoms with Crippen molar-refractivity contribution in [2.45, 2.75) is 12.4 Å². The maximum Gasteiger partial charge on any atom is 0.573 e. The van der Waals surface area contributed by atoms with Crippen LogP contribution in [-0.2, 0) is 0 Å². The van der Waals surface area contributed by atoms with E-state index in [1.807, 2.05) is 0 Å². The van der Waals surface area contributed by atoms with Crippen LogP contribution in [0.5, 0.6) is 5.75 Å². The van der Waals surface area contributed by atoms with Gasteiger partial charge < -0.3 is 15.4 Å². The van der Waals surface area contributed by atoms with Gasteiger partial charge in [-0.05, 0) is 36.0 Å². The lowest BCUT2D eigenvalue weighted by Crippen LogP contribution is -2.57. The van der Waals surface area contributed by atoms with Gasteiger partial charge in [0.2, 0.25) is 0 Å². The van der Waals surface area contributed by atoms with Gasteiger partial charge in [0.05, 0.1) is 0 Å². The molecule has 2 aliphatic heterocycles. The first-order valence-corrected chi connectivity index (χ1v) is 8.60. The van der Waals surface area contributed by atoms with Gasteiger partial charge in [0.15, 0.2) is 11.6 Å². The van der Waals surface area contributed by atoms with Crippen molar-refractivity contribution in [3.05, 3.63) is 29.6 Å². The fourth-order valence-corrected chi connectivity index (χ4v) is 3.97. The third-order valence-electron chi connectivity index (χ3n) is 5.59. The maximum absolute atomic E-state index is 13.4. The SMILES string of the molecule is O=C(NCC1C2CN(C3CNC3)CC12)c1ccc(F)c(OC(F)(F)F)c1. The minimum absolute atomic E-state index is 0.0568. The summed E-state index contributed by atoms with van der Waals surface area (Å²) in [6, 6.07) is 3.35. The van der Waals surface area contributed by atoms with Gasteiger partial charge in [-0.15, -0.1) is 13.2 Å². The van der Waals surface area contributed by atoms with E-state index in [0.29, 0.717) is 30.3 Å². The van der Waals surface area contributed by atoms with Crippen LogP contribution in [0.2, 0.25) is 0 Å². The monoisotopic (exact) mass is 373 g/mol. The highest BCUT2D eigenvalue weighted by Crippen LogP contribution is 2.51. The summed E-state index contributed by atoms with van der Waals surface area (Å²) in [5.74, 6) is -1.13. The summed E-state index contributed by atoms with van der Waals surface area (Å²) in [7, 11) is 0. The highest BCUT2D eigenvalue weighted by atomic mass is 19.4. The molecule has 0 bridgehead atoms. The van der Waals surface area contributed by atoms with E-state index in [4.69, 9.17) is 0 Å².